The Morgan fingerprint density at radius 1 is 1.30 bits per heavy atom. The van der Waals surface area contributed by atoms with Gasteiger partial charge in [0.15, 0.2) is 0 Å². The minimum Gasteiger partial charge on any atom is -0.495 e. The molecule has 9 nitrogen and oxygen atoms in total. The zero-order chi connectivity index (χ0) is 17.8. The minimum atomic E-state index is -3.97. The second kappa shape index (κ2) is 7.15. The Morgan fingerprint density at radius 3 is 2.39 bits per heavy atom. The summed E-state index contributed by atoms with van der Waals surface area (Å²) < 4.78 is 55.6. The summed E-state index contributed by atoms with van der Waals surface area (Å²) in [5.74, 6) is -0.956. The maximum absolute atomic E-state index is 12.1. The van der Waals surface area contributed by atoms with Crippen molar-refractivity contribution in [1.29, 1.82) is 0 Å². The summed E-state index contributed by atoms with van der Waals surface area (Å²) in [6, 6.07) is 3.70. The molecule has 1 aromatic carbocycles. The Morgan fingerprint density at radius 2 is 1.91 bits per heavy atom. The van der Waals surface area contributed by atoms with E-state index < -0.39 is 26.0 Å². The number of carboxylic acids is 1. The van der Waals surface area contributed by atoms with Crippen LogP contribution in [0.3, 0.4) is 0 Å². The van der Waals surface area contributed by atoms with Gasteiger partial charge >= 0.3 is 5.97 Å². The van der Waals surface area contributed by atoms with Gasteiger partial charge in [-0.2, -0.15) is 0 Å². The van der Waals surface area contributed by atoms with Crippen molar-refractivity contribution in [3.8, 4) is 5.75 Å². The second-order valence-corrected chi connectivity index (χ2v) is 8.39. The largest absolute Gasteiger partial charge is 0.495 e. The van der Waals surface area contributed by atoms with Crippen LogP contribution in [0.2, 0.25) is 0 Å². The highest BCUT2D eigenvalue weighted by molar-refractivity contribution is 7.92. The fourth-order valence-corrected chi connectivity index (χ4v) is 3.19. The van der Waals surface area contributed by atoms with Crippen LogP contribution >= 0.6 is 0 Å². The van der Waals surface area contributed by atoms with Gasteiger partial charge in [0.2, 0.25) is 20.0 Å². The van der Waals surface area contributed by atoms with Crippen molar-refractivity contribution >= 4 is 31.7 Å². The van der Waals surface area contributed by atoms with Gasteiger partial charge in [0.25, 0.3) is 0 Å². The molecule has 0 aliphatic rings. The van der Waals surface area contributed by atoms with E-state index in [-0.39, 0.29) is 29.3 Å². The number of carbonyl (C=O) groups is 1. The number of nitrogens with zero attached hydrogens (tertiary/aromatic N) is 1. The SMILES string of the molecule is COc1ccc(S(=O)(=O)NCCC(=O)O)cc1N(C)S(C)(=O)=O. The number of anilines is 1. The molecule has 0 heterocycles. The van der Waals surface area contributed by atoms with E-state index in [2.05, 4.69) is 4.72 Å². The monoisotopic (exact) mass is 366 g/mol. The smallest absolute Gasteiger partial charge is 0.304 e. The maximum atomic E-state index is 12.1. The lowest BCUT2D eigenvalue weighted by Crippen LogP contribution is -2.28. The normalized spacial score (nSPS) is 12.0. The summed E-state index contributed by atoms with van der Waals surface area (Å²) in [6.07, 6.45) is 0.601. The number of methoxy groups -OCH3 is 1. The van der Waals surface area contributed by atoms with Gasteiger partial charge in [-0.1, -0.05) is 0 Å². The van der Waals surface area contributed by atoms with Crippen LogP contribution in [0.25, 0.3) is 0 Å². The maximum Gasteiger partial charge on any atom is 0.304 e. The molecule has 1 aromatic rings. The number of rotatable bonds is 8. The molecule has 2 N–H and O–H groups in total. The van der Waals surface area contributed by atoms with Gasteiger partial charge in [0.05, 0.1) is 30.4 Å². The molecule has 0 fully saturated rings. The first kappa shape index (κ1) is 19.2. The Labute approximate surface area is 135 Å². The molecule has 23 heavy (non-hydrogen) atoms. The predicted molar refractivity (Wildman–Crippen MR) is 83.7 cm³/mol. The van der Waals surface area contributed by atoms with Crippen molar-refractivity contribution in [1.82, 2.24) is 4.72 Å². The van der Waals surface area contributed by atoms with Crippen molar-refractivity contribution < 1.29 is 31.5 Å². The number of sulfonamides is 2. The molecule has 0 saturated carbocycles. The van der Waals surface area contributed by atoms with E-state index in [9.17, 15) is 21.6 Å². The standard InChI is InChI=1S/C12H18N2O7S2/c1-14(22(3,17)18)10-8-9(4-5-11(10)21-2)23(19,20)13-7-6-12(15)16/h4-5,8,13H,6-7H2,1-3H3,(H,15,16). The summed E-state index contributed by atoms with van der Waals surface area (Å²) in [7, 11) is -5.00. The fourth-order valence-electron chi connectivity index (χ4n) is 1.64. The fraction of sp³-hybridized carbons (Fsp3) is 0.417. The molecule has 0 aliphatic carbocycles. The molecule has 0 radical (unpaired) electrons. The summed E-state index contributed by atoms with van der Waals surface area (Å²) in [5, 5.41) is 8.53. The second-order valence-electron chi connectivity index (χ2n) is 4.61. The van der Waals surface area contributed by atoms with Gasteiger partial charge in [-0.15, -0.1) is 0 Å². The molecule has 11 heteroatoms. The van der Waals surface area contributed by atoms with Crippen LogP contribution in [0.1, 0.15) is 6.42 Å². The lowest BCUT2D eigenvalue weighted by molar-refractivity contribution is -0.136. The van der Waals surface area contributed by atoms with Crippen LogP contribution in [0, 0.1) is 0 Å². The third-order valence-electron chi connectivity index (χ3n) is 2.93. The van der Waals surface area contributed by atoms with Gasteiger partial charge in [0, 0.05) is 13.6 Å². The summed E-state index contributed by atoms with van der Waals surface area (Å²) in [6.45, 7) is -0.277. The summed E-state index contributed by atoms with van der Waals surface area (Å²) >= 11 is 0. The molecule has 0 saturated heterocycles. The number of benzene rings is 1. The summed E-state index contributed by atoms with van der Waals surface area (Å²) in [5.41, 5.74) is 0.0520. The van der Waals surface area contributed by atoms with Crippen LogP contribution in [0.4, 0.5) is 5.69 Å². The van der Waals surface area contributed by atoms with Crippen molar-refractivity contribution in [2.75, 3.05) is 31.3 Å². The highest BCUT2D eigenvalue weighted by atomic mass is 32.2. The van der Waals surface area contributed by atoms with E-state index in [1.807, 2.05) is 0 Å². The van der Waals surface area contributed by atoms with Crippen molar-refractivity contribution in [3.05, 3.63) is 18.2 Å². The van der Waals surface area contributed by atoms with Crippen LogP contribution < -0.4 is 13.8 Å². The van der Waals surface area contributed by atoms with Gasteiger partial charge in [-0.05, 0) is 18.2 Å². The van der Waals surface area contributed by atoms with Crippen LogP contribution in [0.15, 0.2) is 23.1 Å². The lowest BCUT2D eigenvalue weighted by atomic mass is 10.3. The van der Waals surface area contributed by atoms with E-state index in [0.717, 1.165) is 16.6 Å². The van der Waals surface area contributed by atoms with Crippen molar-refractivity contribution in [2.24, 2.45) is 0 Å². The molecule has 0 aromatic heterocycles. The molecule has 0 aliphatic heterocycles. The minimum absolute atomic E-state index is 0.0520. The van der Waals surface area contributed by atoms with Crippen LogP contribution in [0.5, 0.6) is 5.75 Å². The number of hydrogen-bond donors (Lipinski definition) is 2. The number of carboxylic acid groups (broad SMARTS) is 1. The molecule has 0 amide bonds. The van der Waals surface area contributed by atoms with E-state index in [1.165, 1.54) is 26.3 Å². The van der Waals surface area contributed by atoms with E-state index in [4.69, 9.17) is 9.84 Å². The van der Waals surface area contributed by atoms with Gasteiger partial charge < -0.3 is 9.84 Å². The Balaban J connectivity index is 3.22. The number of hydrogen-bond acceptors (Lipinski definition) is 6. The van der Waals surface area contributed by atoms with E-state index in [1.54, 1.807) is 0 Å². The average molecular weight is 366 g/mol. The summed E-state index contributed by atoms with van der Waals surface area (Å²) in [4.78, 5) is 10.2. The molecular weight excluding hydrogens is 348 g/mol. The Kier molecular flexibility index (Phi) is 5.97. The number of ether oxygens (including phenoxy) is 1. The molecule has 1 rings (SSSR count). The molecule has 0 bridgehead atoms. The first-order chi connectivity index (χ1) is 10.5. The number of aliphatic carboxylic acids is 1. The highest BCUT2D eigenvalue weighted by Crippen LogP contribution is 2.31. The molecule has 0 atom stereocenters. The first-order valence-corrected chi connectivity index (χ1v) is 9.65. The quantitative estimate of drug-likeness (QED) is 0.654. The third kappa shape index (κ3) is 5.08. The van der Waals surface area contributed by atoms with E-state index in [0.29, 0.717) is 0 Å². The van der Waals surface area contributed by atoms with Crippen molar-refractivity contribution in [2.45, 2.75) is 11.3 Å². The van der Waals surface area contributed by atoms with Crippen LogP contribution in [-0.4, -0.2) is 54.9 Å². The molecule has 0 unspecified atom stereocenters. The molecule has 0 spiro atoms. The third-order valence-corrected chi connectivity index (χ3v) is 5.58. The first-order valence-electron chi connectivity index (χ1n) is 6.32. The molecule has 130 valence electrons. The Bertz CT molecular complexity index is 788. The lowest BCUT2D eigenvalue weighted by Gasteiger charge is -2.20. The zero-order valence-corrected chi connectivity index (χ0v) is 14.4. The van der Waals surface area contributed by atoms with Gasteiger partial charge in [-0.3, -0.25) is 9.10 Å². The molecular formula is C12H18N2O7S2. The van der Waals surface area contributed by atoms with E-state index >= 15 is 0 Å². The van der Waals surface area contributed by atoms with Crippen molar-refractivity contribution in [3.63, 3.8) is 0 Å². The topological polar surface area (TPSA) is 130 Å². The zero-order valence-electron chi connectivity index (χ0n) is 12.8. The highest BCUT2D eigenvalue weighted by Gasteiger charge is 2.21. The predicted octanol–water partition coefficient (Wildman–Crippen LogP) is -0.156. The van der Waals surface area contributed by atoms with Gasteiger partial charge in [0.1, 0.15) is 5.75 Å². The average Bonchev–Trinajstić information content (AvgIpc) is 2.44. The number of nitrogens with one attached hydrogen (secondary N) is 1. The Hall–Kier alpha value is -1.85. The van der Waals surface area contributed by atoms with Gasteiger partial charge in [-0.25, -0.2) is 21.6 Å². The van der Waals surface area contributed by atoms with Crippen LogP contribution in [-0.2, 0) is 24.8 Å².